The summed E-state index contributed by atoms with van der Waals surface area (Å²) in [6.45, 7) is 0.609. The van der Waals surface area contributed by atoms with Crippen molar-refractivity contribution in [2.75, 3.05) is 13.2 Å². The fourth-order valence-corrected chi connectivity index (χ4v) is 2.99. The minimum absolute atomic E-state index is 0.259. The maximum Gasteiger partial charge on any atom is 0.461 e. The summed E-state index contributed by atoms with van der Waals surface area (Å²) < 4.78 is 70.4. The van der Waals surface area contributed by atoms with E-state index in [-0.39, 0.29) is 10.0 Å². The first-order chi connectivity index (χ1) is 15.6. The molecule has 0 fully saturated rings. The molecule has 2 rings (SSSR count). The second-order valence-electron chi connectivity index (χ2n) is 6.34. The molecule has 0 saturated carbocycles. The third kappa shape index (κ3) is 9.57. The lowest BCUT2D eigenvalue weighted by atomic mass is 10.3. The van der Waals surface area contributed by atoms with Crippen molar-refractivity contribution in [3.05, 3.63) is 58.8 Å². The van der Waals surface area contributed by atoms with Crippen molar-refractivity contribution in [1.29, 1.82) is 0 Å². The van der Waals surface area contributed by atoms with Gasteiger partial charge in [0.1, 0.15) is 22.1 Å². The summed E-state index contributed by atoms with van der Waals surface area (Å²) >= 11 is 23.5. The number of unbranched alkanes of at least 4 members (excludes halogenated alkanes) is 1. The number of hydrogen-bond acceptors (Lipinski definition) is 4. The predicted molar refractivity (Wildman–Crippen MR) is 120 cm³/mol. The Morgan fingerprint density at radius 2 is 1.39 bits per heavy atom. The Hall–Kier alpha value is -1.74. The number of allylic oxidation sites excluding steroid dienone is 1. The molecule has 0 aromatic heterocycles. The lowest BCUT2D eigenvalue weighted by molar-refractivity contribution is -0.253. The van der Waals surface area contributed by atoms with Gasteiger partial charge in [-0.3, -0.25) is 0 Å². The van der Waals surface area contributed by atoms with Crippen LogP contribution >= 0.6 is 46.4 Å². The van der Waals surface area contributed by atoms with Crippen molar-refractivity contribution in [3.8, 4) is 23.0 Å². The second-order valence-corrected chi connectivity index (χ2v) is 8.32. The number of ether oxygens (including phenoxy) is 4. The van der Waals surface area contributed by atoms with Gasteiger partial charge in [-0.2, -0.15) is 17.6 Å². The molecule has 0 spiro atoms. The first-order valence-corrected chi connectivity index (χ1v) is 11.0. The van der Waals surface area contributed by atoms with Crippen LogP contribution in [0.2, 0.25) is 10.0 Å². The molecule has 0 atom stereocenters. The fraction of sp³-hybridized carbons (Fsp3) is 0.333. The lowest BCUT2D eigenvalue weighted by Gasteiger charge is -2.17. The molecule has 0 saturated heterocycles. The Morgan fingerprint density at radius 3 is 1.94 bits per heavy atom. The van der Waals surface area contributed by atoms with Crippen LogP contribution in [0.1, 0.15) is 12.8 Å². The number of halogens is 8. The first-order valence-electron chi connectivity index (χ1n) is 9.39. The zero-order valence-electron chi connectivity index (χ0n) is 16.8. The van der Waals surface area contributed by atoms with Crippen LogP contribution in [0.25, 0.3) is 0 Å². The SMILES string of the molecule is FC(F)C(F)(F)Oc1ccc(OCCCCOc2c(Cl)cc(O/C=C\C(Cl)Cl)cc2Cl)cc1. The van der Waals surface area contributed by atoms with Crippen molar-refractivity contribution in [2.45, 2.75) is 30.2 Å². The summed E-state index contributed by atoms with van der Waals surface area (Å²) in [4.78, 5) is -0.707. The van der Waals surface area contributed by atoms with E-state index in [9.17, 15) is 17.6 Å². The summed E-state index contributed by atoms with van der Waals surface area (Å²) in [5, 5.41) is 0.519. The van der Waals surface area contributed by atoms with Crippen molar-refractivity contribution >= 4 is 46.4 Å². The average molecular weight is 552 g/mol. The van der Waals surface area contributed by atoms with Crippen LogP contribution < -0.4 is 18.9 Å². The van der Waals surface area contributed by atoms with Crippen LogP contribution in [0.5, 0.6) is 23.0 Å². The smallest absolute Gasteiger partial charge is 0.461 e. The van der Waals surface area contributed by atoms with Gasteiger partial charge in [-0.15, -0.1) is 23.2 Å². The molecule has 12 heteroatoms. The summed E-state index contributed by atoms with van der Waals surface area (Å²) in [7, 11) is 0. The van der Waals surface area contributed by atoms with E-state index in [1.165, 1.54) is 36.6 Å². The van der Waals surface area contributed by atoms with Gasteiger partial charge in [0.25, 0.3) is 0 Å². The molecular weight excluding hydrogens is 534 g/mol. The van der Waals surface area contributed by atoms with Crippen molar-refractivity contribution in [2.24, 2.45) is 0 Å². The molecule has 0 amide bonds. The van der Waals surface area contributed by atoms with E-state index >= 15 is 0 Å². The lowest BCUT2D eigenvalue weighted by Crippen LogP contribution is -2.33. The summed E-state index contributed by atoms with van der Waals surface area (Å²) in [6, 6.07) is 7.96. The van der Waals surface area contributed by atoms with E-state index in [0.717, 1.165) is 12.1 Å². The molecule has 4 nitrogen and oxygen atoms in total. The van der Waals surface area contributed by atoms with Gasteiger partial charge in [-0.1, -0.05) is 23.2 Å². The molecule has 0 radical (unpaired) electrons. The molecule has 182 valence electrons. The Labute approximate surface area is 207 Å². The van der Waals surface area contributed by atoms with E-state index < -0.39 is 23.1 Å². The molecule has 0 bridgehead atoms. The maximum atomic E-state index is 12.9. The zero-order chi connectivity index (χ0) is 24.4. The Balaban J connectivity index is 1.72. The van der Waals surface area contributed by atoms with Crippen molar-refractivity contribution < 1.29 is 36.5 Å². The maximum absolute atomic E-state index is 12.9. The van der Waals surface area contributed by atoms with Crippen LogP contribution in [0, 0.1) is 0 Å². The monoisotopic (exact) mass is 550 g/mol. The molecule has 0 aliphatic heterocycles. The minimum Gasteiger partial charge on any atom is -0.494 e. The van der Waals surface area contributed by atoms with Crippen LogP contribution in [-0.4, -0.2) is 30.6 Å². The summed E-state index contributed by atoms with van der Waals surface area (Å²) in [6.07, 6.45) is -4.55. The third-order valence-electron chi connectivity index (χ3n) is 3.79. The van der Waals surface area contributed by atoms with E-state index in [1.54, 1.807) is 0 Å². The highest BCUT2D eigenvalue weighted by Crippen LogP contribution is 2.37. The van der Waals surface area contributed by atoms with E-state index in [4.69, 9.17) is 60.6 Å². The van der Waals surface area contributed by atoms with Crippen LogP contribution in [0.15, 0.2) is 48.7 Å². The molecule has 33 heavy (non-hydrogen) atoms. The van der Waals surface area contributed by atoms with E-state index in [2.05, 4.69) is 4.74 Å². The van der Waals surface area contributed by atoms with Gasteiger partial charge < -0.3 is 18.9 Å². The molecule has 0 heterocycles. The van der Waals surface area contributed by atoms with Gasteiger partial charge in [0.15, 0.2) is 5.75 Å². The highest BCUT2D eigenvalue weighted by Gasteiger charge is 2.43. The van der Waals surface area contributed by atoms with Gasteiger partial charge in [0.2, 0.25) is 0 Å². The quantitative estimate of drug-likeness (QED) is 0.109. The highest BCUT2D eigenvalue weighted by atomic mass is 35.5. The van der Waals surface area contributed by atoms with Crippen molar-refractivity contribution in [3.63, 3.8) is 0 Å². The summed E-state index contributed by atoms with van der Waals surface area (Å²) in [5.41, 5.74) is 0. The average Bonchev–Trinajstić information content (AvgIpc) is 2.72. The molecule has 0 aliphatic rings. The van der Waals surface area contributed by atoms with Gasteiger partial charge in [-0.05, 0) is 43.2 Å². The van der Waals surface area contributed by atoms with Gasteiger partial charge in [-0.25, -0.2) is 0 Å². The normalized spacial score (nSPS) is 11.9. The Kier molecular flexibility index (Phi) is 11.0. The van der Waals surface area contributed by atoms with Crippen LogP contribution in [-0.2, 0) is 0 Å². The van der Waals surface area contributed by atoms with Crippen LogP contribution in [0.3, 0.4) is 0 Å². The number of rotatable bonds is 13. The van der Waals surface area contributed by atoms with Gasteiger partial charge in [0, 0.05) is 12.1 Å². The third-order valence-corrected chi connectivity index (χ3v) is 4.64. The van der Waals surface area contributed by atoms with E-state index in [0.29, 0.717) is 43.3 Å². The van der Waals surface area contributed by atoms with Crippen molar-refractivity contribution in [1.82, 2.24) is 0 Å². The highest BCUT2D eigenvalue weighted by molar-refractivity contribution is 6.45. The zero-order valence-corrected chi connectivity index (χ0v) is 19.8. The number of alkyl halides is 6. The number of hydrogen-bond donors (Lipinski definition) is 0. The molecule has 0 unspecified atom stereocenters. The van der Waals surface area contributed by atoms with E-state index in [1.807, 2.05) is 0 Å². The summed E-state index contributed by atoms with van der Waals surface area (Å²) in [5.74, 6) is 0.656. The Morgan fingerprint density at radius 1 is 0.848 bits per heavy atom. The molecule has 0 N–H and O–H groups in total. The first kappa shape index (κ1) is 27.5. The second kappa shape index (κ2) is 13.2. The van der Waals surface area contributed by atoms with Gasteiger partial charge in [0.05, 0.1) is 29.5 Å². The standard InChI is InChI=1S/C21H18Cl4F4O4/c22-16-11-15(31-10-7-18(24)25)12-17(23)19(16)32-9-2-1-8-30-13-3-5-14(6-4-13)33-21(28,29)20(26)27/h3-7,10-12,18,20H,1-2,8-9H2/b10-7-. The molecule has 2 aromatic carbocycles. The molecular formula is C21H18Cl4F4O4. The topological polar surface area (TPSA) is 36.9 Å². The molecule has 0 aliphatic carbocycles. The fourth-order valence-electron chi connectivity index (χ4n) is 2.29. The predicted octanol–water partition coefficient (Wildman–Crippen LogP) is 8.16. The molecule has 2 aromatic rings. The number of benzene rings is 2. The minimum atomic E-state index is -4.56. The van der Waals surface area contributed by atoms with Gasteiger partial charge >= 0.3 is 12.5 Å². The Bertz CT molecular complexity index is 889. The largest absolute Gasteiger partial charge is 0.494 e. The van der Waals surface area contributed by atoms with Crippen LogP contribution in [0.4, 0.5) is 17.6 Å².